The molecule has 122 valence electrons. The van der Waals surface area contributed by atoms with Gasteiger partial charge in [0.05, 0.1) is 17.9 Å². The minimum absolute atomic E-state index is 0.0123. The van der Waals surface area contributed by atoms with Crippen LogP contribution in [0.25, 0.3) is 0 Å². The summed E-state index contributed by atoms with van der Waals surface area (Å²) >= 11 is 7.15. The molecule has 0 saturated heterocycles. The molecule has 2 N–H and O–H groups in total. The number of carboxylic acids is 1. The first-order valence-electron chi connectivity index (χ1n) is 6.53. The highest BCUT2D eigenvalue weighted by molar-refractivity contribution is 7.99. The van der Waals surface area contributed by atoms with E-state index in [2.05, 4.69) is 5.32 Å². The fourth-order valence-electron chi connectivity index (χ4n) is 1.53. The minimum atomic E-state index is -0.875. The predicted molar refractivity (Wildman–Crippen MR) is 86.1 cm³/mol. The lowest BCUT2D eigenvalue weighted by atomic mass is 10.2. The number of carboxylic acid groups (broad SMARTS) is 1. The van der Waals surface area contributed by atoms with Crippen molar-refractivity contribution in [1.82, 2.24) is 5.32 Å². The van der Waals surface area contributed by atoms with E-state index in [1.807, 2.05) is 0 Å². The lowest BCUT2D eigenvalue weighted by Gasteiger charge is -2.12. The molecule has 6 nitrogen and oxygen atoms in total. The molecule has 22 heavy (non-hydrogen) atoms. The molecule has 8 heteroatoms. The Morgan fingerprint density at radius 2 is 2.14 bits per heavy atom. The van der Waals surface area contributed by atoms with Gasteiger partial charge in [-0.3, -0.25) is 9.59 Å². The molecule has 0 heterocycles. The zero-order valence-electron chi connectivity index (χ0n) is 12.1. The first kappa shape index (κ1) is 18.6. The number of halogens is 1. The third kappa shape index (κ3) is 7.02. The number of rotatable bonds is 10. The second kappa shape index (κ2) is 10.3. The Morgan fingerprint density at radius 3 is 2.82 bits per heavy atom. The smallest absolute Gasteiger partial charge is 0.313 e. The first-order valence-corrected chi connectivity index (χ1v) is 8.07. The predicted octanol–water partition coefficient (Wildman–Crippen LogP) is 1.91. The fourth-order valence-corrected chi connectivity index (χ4v) is 2.27. The number of carbonyl (C=O) groups is 2. The monoisotopic (exact) mass is 347 g/mol. The Morgan fingerprint density at radius 1 is 1.36 bits per heavy atom. The van der Waals surface area contributed by atoms with Crippen molar-refractivity contribution in [2.45, 2.75) is 0 Å². The molecule has 0 saturated carbocycles. The quantitative estimate of drug-likeness (QED) is 0.629. The Labute approximate surface area is 138 Å². The van der Waals surface area contributed by atoms with Gasteiger partial charge in [-0.15, -0.1) is 11.8 Å². The molecule has 0 spiro atoms. The highest BCUT2D eigenvalue weighted by atomic mass is 35.5. The van der Waals surface area contributed by atoms with Crippen LogP contribution in [0.3, 0.4) is 0 Å². The number of amides is 1. The van der Waals surface area contributed by atoms with Crippen molar-refractivity contribution < 1.29 is 24.2 Å². The van der Waals surface area contributed by atoms with E-state index >= 15 is 0 Å². The Kier molecular flexibility index (Phi) is 8.72. The highest BCUT2D eigenvalue weighted by Crippen LogP contribution is 2.23. The van der Waals surface area contributed by atoms with Crippen molar-refractivity contribution in [3.63, 3.8) is 0 Å². The molecule has 0 aromatic heterocycles. The number of benzene rings is 1. The molecular formula is C14H18ClNO5S. The molecule has 0 unspecified atom stereocenters. The molecule has 1 rings (SSSR count). The zero-order chi connectivity index (χ0) is 16.4. The van der Waals surface area contributed by atoms with Crippen molar-refractivity contribution in [2.24, 2.45) is 0 Å². The van der Waals surface area contributed by atoms with Gasteiger partial charge in [0.25, 0.3) is 5.91 Å². The van der Waals surface area contributed by atoms with Crippen LogP contribution in [-0.4, -0.2) is 55.4 Å². The summed E-state index contributed by atoms with van der Waals surface area (Å²) in [5, 5.41) is 11.7. The molecular weight excluding hydrogens is 330 g/mol. The minimum Gasteiger partial charge on any atom is -0.490 e. The maximum absolute atomic E-state index is 12.1. The molecule has 0 radical (unpaired) electrons. The summed E-state index contributed by atoms with van der Waals surface area (Å²) in [6, 6.07) is 4.80. The summed E-state index contributed by atoms with van der Waals surface area (Å²) in [6.45, 7) is 1.10. The van der Waals surface area contributed by atoms with Crippen LogP contribution in [0, 0.1) is 0 Å². The van der Waals surface area contributed by atoms with E-state index in [9.17, 15) is 9.59 Å². The van der Waals surface area contributed by atoms with Crippen LogP contribution in [0.4, 0.5) is 0 Å². The van der Waals surface area contributed by atoms with Crippen LogP contribution in [0.5, 0.6) is 5.75 Å². The van der Waals surface area contributed by atoms with Gasteiger partial charge >= 0.3 is 5.97 Å². The van der Waals surface area contributed by atoms with Crippen molar-refractivity contribution in [1.29, 1.82) is 0 Å². The van der Waals surface area contributed by atoms with Crippen LogP contribution in [-0.2, 0) is 9.53 Å². The fraction of sp³-hybridized carbons (Fsp3) is 0.429. The van der Waals surface area contributed by atoms with Crippen LogP contribution < -0.4 is 10.1 Å². The van der Waals surface area contributed by atoms with E-state index in [0.29, 0.717) is 41.8 Å². The number of thioether (sulfide) groups is 1. The van der Waals surface area contributed by atoms with Crippen LogP contribution in [0.1, 0.15) is 10.4 Å². The number of nitrogens with one attached hydrogen (secondary N) is 1. The molecule has 0 atom stereocenters. The van der Waals surface area contributed by atoms with Gasteiger partial charge in [-0.2, -0.15) is 0 Å². The Bertz CT molecular complexity index is 512. The molecule has 1 amide bonds. The standard InChI is InChI=1S/C14H18ClNO5S/c1-20-5-6-21-12-3-2-10(15)8-11(12)14(19)16-4-7-22-9-13(17)18/h2-3,8H,4-7,9H2,1H3,(H,16,19)(H,17,18). The van der Waals surface area contributed by atoms with E-state index in [1.54, 1.807) is 19.2 Å². The normalized spacial score (nSPS) is 10.3. The lowest BCUT2D eigenvalue weighted by molar-refractivity contribution is -0.133. The summed E-state index contributed by atoms with van der Waals surface area (Å²) in [5.41, 5.74) is 0.340. The van der Waals surface area contributed by atoms with E-state index < -0.39 is 5.97 Å². The van der Waals surface area contributed by atoms with Gasteiger partial charge in [-0.05, 0) is 18.2 Å². The highest BCUT2D eigenvalue weighted by Gasteiger charge is 2.13. The number of ether oxygens (including phenoxy) is 2. The van der Waals surface area contributed by atoms with Gasteiger partial charge in [0.1, 0.15) is 12.4 Å². The van der Waals surface area contributed by atoms with Crippen LogP contribution >= 0.6 is 23.4 Å². The van der Waals surface area contributed by atoms with Gasteiger partial charge < -0.3 is 19.9 Å². The number of carbonyl (C=O) groups excluding carboxylic acids is 1. The summed E-state index contributed by atoms with van der Waals surface area (Å²) in [5.74, 6) is -0.236. The maximum Gasteiger partial charge on any atom is 0.313 e. The van der Waals surface area contributed by atoms with Gasteiger partial charge in [-0.1, -0.05) is 11.6 Å². The van der Waals surface area contributed by atoms with Crippen molar-refractivity contribution in [3.8, 4) is 5.75 Å². The molecule has 1 aromatic rings. The lowest BCUT2D eigenvalue weighted by Crippen LogP contribution is -2.26. The second-order valence-corrected chi connectivity index (χ2v) is 5.73. The molecule has 0 aliphatic rings. The van der Waals surface area contributed by atoms with E-state index in [0.717, 1.165) is 0 Å². The van der Waals surface area contributed by atoms with Crippen molar-refractivity contribution in [3.05, 3.63) is 28.8 Å². The Balaban J connectivity index is 2.55. The zero-order valence-corrected chi connectivity index (χ0v) is 13.7. The summed E-state index contributed by atoms with van der Waals surface area (Å²) < 4.78 is 10.4. The SMILES string of the molecule is COCCOc1ccc(Cl)cc1C(=O)NCCSCC(=O)O. The summed E-state index contributed by atoms with van der Waals surface area (Å²) in [4.78, 5) is 22.5. The van der Waals surface area contributed by atoms with Crippen molar-refractivity contribution in [2.75, 3.05) is 38.4 Å². The molecule has 0 fully saturated rings. The average molecular weight is 348 g/mol. The number of aliphatic carboxylic acids is 1. The van der Waals surface area contributed by atoms with E-state index in [1.165, 1.54) is 17.8 Å². The van der Waals surface area contributed by atoms with Crippen LogP contribution in [0.15, 0.2) is 18.2 Å². The Hall–Kier alpha value is -1.44. The third-order valence-electron chi connectivity index (χ3n) is 2.49. The largest absolute Gasteiger partial charge is 0.490 e. The molecule has 0 aliphatic heterocycles. The number of hydrogen-bond donors (Lipinski definition) is 2. The second-order valence-electron chi connectivity index (χ2n) is 4.18. The summed E-state index contributed by atoms with van der Waals surface area (Å²) in [7, 11) is 1.56. The van der Waals surface area contributed by atoms with Gasteiger partial charge in [0.15, 0.2) is 0 Å². The number of hydrogen-bond acceptors (Lipinski definition) is 5. The first-order chi connectivity index (χ1) is 10.5. The van der Waals surface area contributed by atoms with E-state index in [4.69, 9.17) is 26.2 Å². The third-order valence-corrected chi connectivity index (χ3v) is 3.67. The number of methoxy groups -OCH3 is 1. The molecule has 1 aromatic carbocycles. The van der Waals surface area contributed by atoms with Gasteiger partial charge in [-0.25, -0.2) is 0 Å². The van der Waals surface area contributed by atoms with Gasteiger partial charge in [0, 0.05) is 24.4 Å². The average Bonchev–Trinajstić information content (AvgIpc) is 2.48. The maximum atomic E-state index is 12.1. The summed E-state index contributed by atoms with van der Waals surface area (Å²) in [6.07, 6.45) is 0. The molecule has 0 aliphatic carbocycles. The van der Waals surface area contributed by atoms with Crippen LogP contribution in [0.2, 0.25) is 5.02 Å². The molecule has 0 bridgehead atoms. The van der Waals surface area contributed by atoms with E-state index in [-0.39, 0.29) is 11.7 Å². The van der Waals surface area contributed by atoms with Crippen molar-refractivity contribution >= 4 is 35.2 Å². The van der Waals surface area contributed by atoms with Gasteiger partial charge in [0.2, 0.25) is 0 Å². The topological polar surface area (TPSA) is 84.9 Å².